The third kappa shape index (κ3) is 5.16. The molecule has 0 radical (unpaired) electrons. The van der Waals surface area contributed by atoms with Gasteiger partial charge >= 0.3 is 0 Å². The lowest BCUT2D eigenvalue weighted by Crippen LogP contribution is -2.17. The van der Waals surface area contributed by atoms with E-state index in [1.165, 1.54) is 0 Å². The molecule has 1 aliphatic rings. The second-order valence-corrected chi connectivity index (χ2v) is 3.75. The molecule has 0 saturated carbocycles. The third-order valence-corrected chi connectivity index (χ3v) is 2.20. The van der Waals surface area contributed by atoms with Gasteiger partial charge in [0.05, 0.1) is 13.2 Å². The summed E-state index contributed by atoms with van der Waals surface area (Å²) in [5.41, 5.74) is 0. The first kappa shape index (κ1) is 10.9. The fourth-order valence-electron chi connectivity index (χ4n) is 1.36. The average molecular weight is 193 g/mol. The molecule has 13 heavy (non-hydrogen) atoms. The summed E-state index contributed by atoms with van der Waals surface area (Å²) >= 11 is 0. The van der Waals surface area contributed by atoms with Crippen LogP contribution in [0.25, 0.3) is 0 Å². The summed E-state index contributed by atoms with van der Waals surface area (Å²) in [5, 5.41) is 3.20. The van der Waals surface area contributed by atoms with Crippen LogP contribution in [0.1, 0.15) is 19.8 Å². The molecule has 1 fully saturated rings. The molecule has 0 spiro atoms. The van der Waals surface area contributed by atoms with E-state index in [9.17, 15) is 8.78 Å². The van der Waals surface area contributed by atoms with Crippen molar-refractivity contribution in [3.8, 4) is 0 Å². The van der Waals surface area contributed by atoms with E-state index in [0.717, 1.165) is 26.4 Å². The fourth-order valence-corrected chi connectivity index (χ4v) is 1.36. The van der Waals surface area contributed by atoms with Gasteiger partial charge in [0, 0.05) is 13.0 Å². The highest BCUT2D eigenvalue weighted by Crippen LogP contribution is 2.16. The van der Waals surface area contributed by atoms with Crippen LogP contribution in [0.3, 0.4) is 0 Å². The second-order valence-electron chi connectivity index (χ2n) is 3.75. The van der Waals surface area contributed by atoms with Gasteiger partial charge in [0.2, 0.25) is 5.92 Å². The maximum atomic E-state index is 12.3. The first-order valence-corrected chi connectivity index (χ1v) is 4.74. The Balaban J connectivity index is 1.94. The van der Waals surface area contributed by atoms with Crippen molar-refractivity contribution in [2.75, 3.05) is 26.3 Å². The predicted molar refractivity (Wildman–Crippen MR) is 47.0 cm³/mol. The number of alkyl halides is 2. The number of nitrogens with one attached hydrogen (secondary N) is 1. The number of halogens is 2. The maximum Gasteiger partial charge on any atom is 0.247 e. The Morgan fingerprint density at radius 2 is 2.31 bits per heavy atom. The Bertz CT molecular complexity index is 141. The minimum Gasteiger partial charge on any atom is -0.381 e. The average Bonchev–Trinajstić information content (AvgIpc) is 2.48. The van der Waals surface area contributed by atoms with E-state index in [2.05, 4.69) is 5.32 Å². The van der Waals surface area contributed by atoms with Gasteiger partial charge < -0.3 is 10.1 Å². The zero-order valence-corrected chi connectivity index (χ0v) is 7.98. The summed E-state index contributed by atoms with van der Waals surface area (Å²) in [7, 11) is 0. The number of rotatable bonds is 5. The van der Waals surface area contributed by atoms with Crippen molar-refractivity contribution in [1.29, 1.82) is 0 Å². The Kier molecular flexibility index (Phi) is 4.06. The highest BCUT2D eigenvalue weighted by atomic mass is 19.3. The van der Waals surface area contributed by atoms with E-state index in [1.807, 2.05) is 0 Å². The zero-order valence-electron chi connectivity index (χ0n) is 7.98. The summed E-state index contributed by atoms with van der Waals surface area (Å²) in [6.45, 7) is 3.69. The van der Waals surface area contributed by atoms with E-state index in [-0.39, 0.29) is 13.0 Å². The number of hydrogen-bond donors (Lipinski definition) is 1. The largest absolute Gasteiger partial charge is 0.381 e. The molecule has 78 valence electrons. The van der Waals surface area contributed by atoms with Crippen molar-refractivity contribution in [2.24, 2.45) is 5.92 Å². The lowest BCUT2D eigenvalue weighted by molar-refractivity contribution is -0.0203. The Hall–Kier alpha value is -0.220. The fraction of sp³-hybridized carbons (Fsp3) is 1.00. The van der Waals surface area contributed by atoms with Gasteiger partial charge in [-0.3, -0.25) is 0 Å². The minimum absolute atomic E-state index is 0.167. The van der Waals surface area contributed by atoms with E-state index < -0.39 is 5.92 Å². The van der Waals surface area contributed by atoms with Crippen LogP contribution >= 0.6 is 0 Å². The molecule has 2 nitrogen and oxygen atoms in total. The van der Waals surface area contributed by atoms with Crippen LogP contribution in [0.5, 0.6) is 0 Å². The van der Waals surface area contributed by atoms with Crippen LogP contribution in [-0.2, 0) is 4.74 Å². The van der Waals surface area contributed by atoms with Crippen LogP contribution < -0.4 is 5.32 Å². The van der Waals surface area contributed by atoms with E-state index in [1.54, 1.807) is 0 Å². The first-order valence-electron chi connectivity index (χ1n) is 4.74. The lowest BCUT2D eigenvalue weighted by Gasteiger charge is -2.12. The van der Waals surface area contributed by atoms with Gasteiger partial charge in [0.15, 0.2) is 0 Å². The molecule has 0 aliphatic carbocycles. The summed E-state index contributed by atoms with van der Waals surface area (Å²) in [5.74, 6) is -2.07. The molecule has 0 aromatic carbocycles. The first-order chi connectivity index (χ1) is 6.08. The van der Waals surface area contributed by atoms with Gasteiger partial charge in [-0.25, -0.2) is 8.78 Å². The monoisotopic (exact) mass is 193 g/mol. The molecular weight excluding hydrogens is 176 g/mol. The molecule has 1 N–H and O–H groups in total. The van der Waals surface area contributed by atoms with E-state index in [4.69, 9.17) is 4.74 Å². The molecule has 4 heteroatoms. The van der Waals surface area contributed by atoms with Crippen molar-refractivity contribution in [2.45, 2.75) is 25.7 Å². The summed E-state index contributed by atoms with van der Waals surface area (Å²) in [6.07, 6.45) is 0.926. The molecule has 1 saturated heterocycles. The molecule has 1 unspecified atom stereocenters. The lowest BCUT2D eigenvalue weighted by atomic mass is 10.1. The zero-order chi connectivity index (χ0) is 9.73. The Labute approximate surface area is 77.6 Å². The Morgan fingerprint density at radius 1 is 1.54 bits per heavy atom. The molecule has 0 bridgehead atoms. The quantitative estimate of drug-likeness (QED) is 0.670. The molecule has 1 rings (SSSR count). The predicted octanol–water partition coefficient (Wildman–Crippen LogP) is 1.66. The summed E-state index contributed by atoms with van der Waals surface area (Å²) < 4.78 is 29.8. The van der Waals surface area contributed by atoms with Crippen LogP contribution in [0.2, 0.25) is 0 Å². The molecular formula is C9H17F2NO. The van der Waals surface area contributed by atoms with Crippen molar-refractivity contribution in [3.05, 3.63) is 0 Å². The van der Waals surface area contributed by atoms with Gasteiger partial charge in [-0.15, -0.1) is 0 Å². The highest BCUT2D eigenvalue weighted by Gasteiger charge is 2.21. The van der Waals surface area contributed by atoms with Crippen molar-refractivity contribution in [1.82, 2.24) is 5.32 Å². The highest BCUT2D eigenvalue weighted by molar-refractivity contribution is 4.70. The molecule has 1 aliphatic heterocycles. The molecule has 0 amide bonds. The van der Waals surface area contributed by atoms with Crippen LogP contribution in [0, 0.1) is 5.92 Å². The maximum absolute atomic E-state index is 12.3. The van der Waals surface area contributed by atoms with Crippen LogP contribution in [0.15, 0.2) is 0 Å². The normalized spacial score (nSPS) is 23.8. The minimum atomic E-state index is -2.59. The standard InChI is InChI=1S/C9H17F2NO/c1-9(10,11)3-5-13-7-8-2-4-12-6-8/h8,12H,2-7H2,1H3. The van der Waals surface area contributed by atoms with Gasteiger partial charge in [-0.2, -0.15) is 0 Å². The van der Waals surface area contributed by atoms with Gasteiger partial charge in [-0.1, -0.05) is 0 Å². The van der Waals surface area contributed by atoms with Gasteiger partial charge in [0.25, 0.3) is 0 Å². The van der Waals surface area contributed by atoms with Gasteiger partial charge in [-0.05, 0) is 25.8 Å². The SMILES string of the molecule is CC(F)(F)CCOCC1CCNC1. The topological polar surface area (TPSA) is 21.3 Å². The second kappa shape index (κ2) is 4.86. The molecule has 0 aromatic rings. The smallest absolute Gasteiger partial charge is 0.247 e. The van der Waals surface area contributed by atoms with Crippen molar-refractivity contribution >= 4 is 0 Å². The summed E-state index contributed by atoms with van der Waals surface area (Å²) in [4.78, 5) is 0. The third-order valence-electron chi connectivity index (χ3n) is 2.20. The molecule has 1 atom stereocenters. The van der Waals surface area contributed by atoms with Crippen LogP contribution in [-0.4, -0.2) is 32.2 Å². The van der Waals surface area contributed by atoms with E-state index >= 15 is 0 Å². The molecule has 1 heterocycles. The molecule has 0 aromatic heterocycles. The van der Waals surface area contributed by atoms with Crippen LogP contribution in [0.4, 0.5) is 8.78 Å². The number of ether oxygens (including phenoxy) is 1. The van der Waals surface area contributed by atoms with Crippen molar-refractivity contribution < 1.29 is 13.5 Å². The Morgan fingerprint density at radius 3 is 2.85 bits per heavy atom. The van der Waals surface area contributed by atoms with Gasteiger partial charge in [0.1, 0.15) is 0 Å². The van der Waals surface area contributed by atoms with E-state index in [0.29, 0.717) is 12.5 Å². The summed E-state index contributed by atoms with van der Waals surface area (Å²) in [6, 6.07) is 0. The van der Waals surface area contributed by atoms with Crippen molar-refractivity contribution in [3.63, 3.8) is 0 Å². The number of hydrogen-bond acceptors (Lipinski definition) is 2.